The van der Waals surface area contributed by atoms with E-state index in [4.69, 9.17) is 0 Å². The lowest BCUT2D eigenvalue weighted by Gasteiger charge is -2.34. The van der Waals surface area contributed by atoms with Crippen molar-refractivity contribution in [2.75, 3.05) is 24.7 Å². The quantitative estimate of drug-likeness (QED) is 0.838. The third-order valence-corrected chi connectivity index (χ3v) is 5.62. The summed E-state index contributed by atoms with van der Waals surface area (Å²) in [6.45, 7) is 4.65. The number of hydrogen-bond acceptors (Lipinski definition) is 6. The van der Waals surface area contributed by atoms with E-state index in [0.717, 1.165) is 17.5 Å². The Morgan fingerprint density at radius 1 is 1.38 bits per heavy atom. The van der Waals surface area contributed by atoms with Crippen LogP contribution >= 0.6 is 0 Å². The molecule has 0 amide bonds. The van der Waals surface area contributed by atoms with Gasteiger partial charge in [-0.1, -0.05) is 13.8 Å². The highest BCUT2D eigenvalue weighted by Gasteiger charge is 2.32. The first-order valence-electron chi connectivity index (χ1n) is 8.00. The highest BCUT2D eigenvalue weighted by atomic mass is 32.2. The Morgan fingerprint density at radius 2 is 2.12 bits per heavy atom. The van der Waals surface area contributed by atoms with Crippen molar-refractivity contribution in [3.05, 3.63) is 24.0 Å². The molecule has 9 heteroatoms. The molecule has 1 aliphatic heterocycles. The van der Waals surface area contributed by atoms with E-state index in [1.165, 1.54) is 4.31 Å². The van der Waals surface area contributed by atoms with E-state index in [1.54, 1.807) is 6.20 Å². The molecule has 0 unspecified atom stereocenters. The topological polar surface area (TPSA) is 99.8 Å². The van der Waals surface area contributed by atoms with Gasteiger partial charge in [0.1, 0.15) is 0 Å². The summed E-state index contributed by atoms with van der Waals surface area (Å²) in [7, 11) is -3.28. The maximum atomic E-state index is 11.6. The molecule has 24 heavy (non-hydrogen) atoms. The predicted molar refractivity (Wildman–Crippen MR) is 91.5 cm³/mol. The second-order valence-corrected chi connectivity index (χ2v) is 8.54. The maximum absolute atomic E-state index is 11.6. The second-order valence-electron chi connectivity index (χ2n) is 6.56. The molecule has 0 aliphatic carbocycles. The van der Waals surface area contributed by atoms with Crippen molar-refractivity contribution in [2.45, 2.75) is 38.3 Å². The van der Waals surface area contributed by atoms with Gasteiger partial charge in [-0.3, -0.25) is 0 Å². The van der Waals surface area contributed by atoms with Crippen LogP contribution in [-0.2, 0) is 10.0 Å². The molecule has 1 fully saturated rings. The monoisotopic (exact) mass is 353 g/mol. The molecule has 2 atom stereocenters. The average molecular weight is 353 g/mol. The Balaban J connectivity index is 1.77. The third kappa shape index (κ3) is 3.38. The van der Waals surface area contributed by atoms with Crippen LogP contribution < -0.4 is 5.32 Å². The molecular formula is C15H23N5O3S. The Kier molecular flexibility index (Phi) is 4.50. The number of piperidine rings is 1. The van der Waals surface area contributed by atoms with Gasteiger partial charge in [0, 0.05) is 18.8 Å². The van der Waals surface area contributed by atoms with Crippen molar-refractivity contribution < 1.29 is 13.5 Å². The Hall–Kier alpha value is -1.71. The van der Waals surface area contributed by atoms with Gasteiger partial charge in [-0.25, -0.2) is 17.9 Å². The van der Waals surface area contributed by atoms with Gasteiger partial charge in [0.25, 0.3) is 0 Å². The van der Waals surface area contributed by atoms with Gasteiger partial charge in [-0.05, 0) is 24.5 Å². The zero-order valence-corrected chi connectivity index (χ0v) is 14.9. The zero-order chi connectivity index (χ0) is 17.5. The number of anilines is 1. The molecule has 2 aromatic heterocycles. The van der Waals surface area contributed by atoms with Crippen LogP contribution in [0.4, 0.5) is 5.95 Å². The minimum absolute atomic E-state index is 0.0828. The molecule has 3 heterocycles. The van der Waals surface area contributed by atoms with Crippen molar-refractivity contribution in [1.29, 1.82) is 0 Å². The molecule has 2 N–H and O–H groups in total. The Labute approximate surface area is 141 Å². The summed E-state index contributed by atoms with van der Waals surface area (Å²) >= 11 is 0. The molecule has 0 spiro atoms. The van der Waals surface area contributed by atoms with E-state index < -0.39 is 16.1 Å². The van der Waals surface area contributed by atoms with E-state index in [2.05, 4.69) is 29.2 Å². The summed E-state index contributed by atoms with van der Waals surface area (Å²) < 4.78 is 26.3. The highest BCUT2D eigenvalue weighted by molar-refractivity contribution is 7.88. The van der Waals surface area contributed by atoms with E-state index in [9.17, 15) is 13.5 Å². The fourth-order valence-electron chi connectivity index (χ4n) is 2.96. The number of nitrogens with zero attached hydrogens (tertiary/aromatic N) is 4. The molecule has 3 rings (SSSR count). The average Bonchev–Trinajstić information content (AvgIpc) is 2.91. The molecule has 1 saturated heterocycles. The SMILES string of the molecule is CC(C)c1ccc2cnc(N[C@@H]3CCN(S(C)(=O)=O)C[C@H]3O)nn12. The largest absolute Gasteiger partial charge is 0.390 e. The van der Waals surface area contributed by atoms with Gasteiger partial charge in [0.2, 0.25) is 16.0 Å². The van der Waals surface area contributed by atoms with E-state index >= 15 is 0 Å². The maximum Gasteiger partial charge on any atom is 0.241 e. The summed E-state index contributed by atoms with van der Waals surface area (Å²) in [5.74, 6) is 0.760. The van der Waals surface area contributed by atoms with Gasteiger partial charge in [0.15, 0.2) is 0 Å². The molecule has 0 saturated carbocycles. The number of aliphatic hydroxyl groups excluding tert-OH is 1. The standard InChI is InChI=1S/C15H23N5O3S/c1-10(2)13-5-4-11-8-16-15(18-20(11)13)17-12-6-7-19(9-14(12)21)24(3,22)23/h4-5,8,10,12,14,21H,6-7,9H2,1-3H3,(H,17,18)/t12-,14-/m1/s1. The third-order valence-electron chi connectivity index (χ3n) is 4.35. The van der Waals surface area contributed by atoms with Gasteiger partial charge in [0.05, 0.1) is 30.1 Å². The molecule has 132 valence electrons. The first-order valence-corrected chi connectivity index (χ1v) is 9.85. The van der Waals surface area contributed by atoms with Gasteiger partial charge in [-0.2, -0.15) is 4.31 Å². The number of hydrogen-bond donors (Lipinski definition) is 2. The number of aliphatic hydroxyl groups is 1. The number of fused-ring (bicyclic) bond motifs is 1. The van der Waals surface area contributed by atoms with Crippen LogP contribution in [0.1, 0.15) is 31.9 Å². The molecule has 0 bridgehead atoms. The van der Waals surface area contributed by atoms with E-state index in [-0.39, 0.29) is 12.6 Å². The molecular weight excluding hydrogens is 330 g/mol. The minimum Gasteiger partial charge on any atom is -0.390 e. The molecule has 2 aromatic rings. The van der Waals surface area contributed by atoms with Crippen molar-refractivity contribution >= 4 is 21.5 Å². The van der Waals surface area contributed by atoms with Crippen LogP contribution in [0.5, 0.6) is 0 Å². The summed E-state index contributed by atoms with van der Waals surface area (Å²) in [5, 5.41) is 17.9. The summed E-state index contributed by atoms with van der Waals surface area (Å²) in [5.41, 5.74) is 2.00. The Bertz CT molecular complexity index is 833. The zero-order valence-electron chi connectivity index (χ0n) is 14.0. The van der Waals surface area contributed by atoms with E-state index in [1.807, 2.05) is 16.6 Å². The predicted octanol–water partition coefficient (Wildman–Crippen LogP) is 0.659. The first kappa shape index (κ1) is 17.1. The Morgan fingerprint density at radius 3 is 2.75 bits per heavy atom. The number of rotatable bonds is 4. The summed E-state index contributed by atoms with van der Waals surface area (Å²) in [6.07, 6.45) is 2.59. The minimum atomic E-state index is -3.28. The summed E-state index contributed by atoms with van der Waals surface area (Å²) in [6, 6.07) is 3.72. The fraction of sp³-hybridized carbons (Fsp3) is 0.600. The van der Waals surface area contributed by atoms with Gasteiger partial charge in [-0.15, -0.1) is 5.10 Å². The van der Waals surface area contributed by atoms with Gasteiger partial charge >= 0.3 is 0 Å². The molecule has 0 radical (unpaired) electrons. The molecule has 1 aliphatic rings. The lowest BCUT2D eigenvalue weighted by atomic mass is 10.0. The van der Waals surface area contributed by atoms with Crippen LogP contribution in [0.25, 0.3) is 5.52 Å². The first-order chi connectivity index (χ1) is 11.3. The van der Waals surface area contributed by atoms with Crippen molar-refractivity contribution in [3.63, 3.8) is 0 Å². The number of sulfonamides is 1. The van der Waals surface area contributed by atoms with Crippen molar-refractivity contribution in [3.8, 4) is 0 Å². The van der Waals surface area contributed by atoms with Crippen LogP contribution in [0.3, 0.4) is 0 Å². The van der Waals surface area contributed by atoms with Crippen LogP contribution in [0.15, 0.2) is 18.3 Å². The lowest BCUT2D eigenvalue weighted by Crippen LogP contribution is -2.51. The van der Waals surface area contributed by atoms with Crippen LogP contribution in [-0.4, -0.2) is 63.9 Å². The van der Waals surface area contributed by atoms with Crippen molar-refractivity contribution in [1.82, 2.24) is 18.9 Å². The van der Waals surface area contributed by atoms with Gasteiger partial charge < -0.3 is 10.4 Å². The summed E-state index contributed by atoms with van der Waals surface area (Å²) in [4.78, 5) is 4.29. The van der Waals surface area contributed by atoms with Crippen molar-refractivity contribution in [2.24, 2.45) is 0 Å². The fourth-order valence-corrected chi connectivity index (χ4v) is 3.82. The second kappa shape index (κ2) is 6.30. The van der Waals surface area contributed by atoms with Crippen LogP contribution in [0, 0.1) is 0 Å². The normalized spacial score (nSPS) is 23.0. The highest BCUT2D eigenvalue weighted by Crippen LogP contribution is 2.20. The molecule has 8 nitrogen and oxygen atoms in total. The number of nitrogens with one attached hydrogen (secondary N) is 1. The smallest absolute Gasteiger partial charge is 0.241 e. The number of β-amino-alcohol motifs (C(OH)–C–C–N with tert-alkyl or cyclic N) is 1. The molecule has 0 aromatic carbocycles. The lowest BCUT2D eigenvalue weighted by molar-refractivity contribution is 0.0950. The van der Waals surface area contributed by atoms with E-state index in [0.29, 0.717) is 24.8 Å². The van der Waals surface area contributed by atoms with Crippen LogP contribution in [0.2, 0.25) is 0 Å². The number of aromatic nitrogens is 3.